The van der Waals surface area contributed by atoms with Crippen LogP contribution in [0.4, 0.5) is 4.79 Å². The quantitative estimate of drug-likeness (QED) is 0.305. The molecule has 0 aliphatic carbocycles. The summed E-state index contributed by atoms with van der Waals surface area (Å²) in [5.41, 5.74) is -0.200. The van der Waals surface area contributed by atoms with E-state index in [1.54, 1.807) is 36.4 Å². The number of hydrogen-bond donors (Lipinski definition) is 3. The number of amides is 2. The van der Waals surface area contributed by atoms with E-state index in [1.165, 1.54) is 6.92 Å². The molecule has 0 radical (unpaired) electrons. The molecule has 0 aliphatic heterocycles. The highest BCUT2D eigenvalue weighted by Gasteiger charge is 2.38. The van der Waals surface area contributed by atoms with Gasteiger partial charge < -0.3 is 30.0 Å². The third-order valence-corrected chi connectivity index (χ3v) is 5.05. The number of carbonyl (C=O) groups excluding carboxylic acids is 4. The molecule has 2 amide bonds. The molecule has 2 atom stereocenters. The van der Waals surface area contributed by atoms with E-state index in [4.69, 9.17) is 9.47 Å². The molecule has 0 aliphatic rings. The van der Waals surface area contributed by atoms with E-state index in [1.807, 2.05) is 24.3 Å². The van der Waals surface area contributed by atoms with E-state index < -0.39 is 42.1 Å². The maximum atomic E-state index is 12.9. The first-order chi connectivity index (χ1) is 16.8. The Morgan fingerprint density at radius 2 is 1.46 bits per heavy atom. The molecule has 0 unspecified atom stereocenters. The molecule has 0 spiro atoms. The minimum Gasteiger partial charge on any atom is -0.467 e. The van der Waals surface area contributed by atoms with Gasteiger partial charge in [-0.05, 0) is 24.5 Å². The summed E-state index contributed by atoms with van der Waals surface area (Å²) < 4.78 is 15.0. The van der Waals surface area contributed by atoms with Crippen LogP contribution in [0.3, 0.4) is 0 Å². The lowest BCUT2D eigenvalue weighted by molar-refractivity contribution is -0.152. The molecule has 0 saturated heterocycles. The van der Waals surface area contributed by atoms with Crippen LogP contribution in [0.25, 0.3) is 0 Å². The normalized spacial score (nSPS) is 13.0. The second-order valence-corrected chi connectivity index (χ2v) is 7.91. The van der Waals surface area contributed by atoms with Gasteiger partial charge in [-0.2, -0.15) is 0 Å². The molecule has 0 heterocycles. The number of carbonyl (C=O) groups is 4. The van der Waals surface area contributed by atoms with Gasteiger partial charge in [0.1, 0.15) is 19.3 Å². The number of benzene rings is 2. The number of aliphatic hydroxyl groups excluding tert-OH is 1. The topological polar surface area (TPSA) is 140 Å². The summed E-state index contributed by atoms with van der Waals surface area (Å²) in [6.45, 7) is 0.565. The van der Waals surface area contributed by atoms with Crippen molar-refractivity contribution in [1.29, 1.82) is 0 Å². The van der Waals surface area contributed by atoms with Crippen molar-refractivity contribution in [2.75, 3.05) is 13.7 Å². The van der Waals surface area contributed by atoms with Gasteiger partial charge in [0, 0.05) is 6.42 Å². The fraction of sp³-hybridized carbons (Fsp3) is 0.360. The number of esters is 2. The maximum absolute atomic E-state index is 12.9. The lowest BCUT2D eigenvalue weighted by Crippen LogP contribution is -2.60. The van der Waals surface area contributed by atoms with E-state index >= 15 is 0 Å². The number of hydrogen-bond acceptors (Lipinski definition) is 8. The Bertz CT molecular complexity index is 983. The molecule has 10 heteroatoms. The zero-order valence-electron chi connectivity index (χ0n) is 19.7. The molecule has 2 aromatic carbocycles. The van der Waals surface area contributed by atoms with Gasteiger partial charge in [0.25, 0.3) is 0 Å². The zero-order chi connectivity index (χ0) is 25.7. The van der Waals surface area contributed by atoms with Crippen LogP contribution in [0.5, 0.6) is 0 Å². The number of aliphatic hydroxyl groups is 1. The lowest BCUT2D eigenvalue weighted by Gasteiger charge is -2.28. The van der Waals surface area contributed by atoms with Crippen molar-refractivity contribution in [3.63, 3.8) is 0 Å². The van der Waals surface area contributed by atoms with Gasteiger partial charge >= 0.3 is 18.0 Å². The van der Waals surface area contributed by atoms with Crippen LogP contribution in [0.15, 0.2) is 60.7 Å². The summed E-state index contributed by atoms with van der Waals surface area (Å²) in [4.78, 5) is 49.5. The largest absolute Gasteiger partial charge is 0.467 e. The number of ether oxygens (including phenoxy) is 3. The summed E-state index contributed by atoms with van der Waals surface area (Å²) >= 11 is 0. The first-order valence-electron chi connectivity index (χ1n) is 11.0. The van der Waals surface area contributed by atoms with Crippen LogP contribution in [0.2, 0.25) is 0 Å². The average molecular weight is 487 g/mol. The third-order valence-electron chi connectivity index (χ3n) is 5.05. The number of rotatable bonds is 12. The molecule has 0 aromatic heterocycles. The van der Waals surface area contributed by atoms with Gasteiger partial charge in [0.05, 0.1) is 13.7 Å². The monoisotopic (exact) mass is 486 g/mol. The molecule has 0 bridgehead atoms. The van der Waals surface area contributed by atoms with Crippen molar-refractivity contribution >= 4 is 23.9 Å². The predicted molar refractivity (Wildman–Crippen MR) is 125 cm³/mol. The molecule has 35 heavy (non-hydrogen) atoms. The van der Waals surface area contributed by atoms with Gasteiger partial charge in [-0.15, -0.1) is 0 Å². The smallest absolute Gasteiger partial charge is 0.408 e. The third kappa shape index (κ3) is 9.09. The number of nitrogens with one attached hydrogen (secondary N) is 2. The van der Waals surface area contributed by atoms with Crippen molar-refractivity contribution in [2.24, 2.45) is 0 Å². The lowest BCUT2D eigenvalue weighted by atomic mass is 10.0. The predicted octanol–water partition coefficient (Wildman–Crippen LogP) is 1.85. The van der Waals surface area contributed by atoms with Gasteiger partial charge in [0.15, 0.2) is 5.54 Å². The second kappa shape index (κ2) is 13.7. The highest BCUT2D eigenvalue weighted by atomic mass is 16.5. The standard InChI is InChI=1S/C25H30N2O8/c1-25(17-28,23(31)33-2)27-22(30)20(26-24(32)35-16-19-11-7-4-8-12-19)13-14-21(29)34-15-18-9-5-3-6-10-18/h3-12,20,28H,13-17H2,1-2H3,(H,26,32)(H,27,30)/t20-,25-/m0/s1. The fourth-order valence-electron chi connectivity index (χ4n) is 2.99. The SMILES string of the molecule is COC(=O)[C@](C)(CO)NC(=O)[C@H](CCC(=O)OCc1ccccc1)NC(=O)OCc1ccccc1. The van der Waals surface area contributed by atoms with E-state index in [9.17, 15) is 24.3 Å². The van der Waals surface area contributed by atoms with E-state index in [2.05, 4.69) is 15.4 Å². The zero-order valence-corrected chi connectivity index (χ0v) is 19.7. The fourth-order valence-corrected chi connectivity index (χ4v) is 2.99. The Kier molecular flexibility index (Phi) is 10.7. The van der Waals surface area contributed by atoms with Crippen molar-refractivity contribution in [3.05, 3.63) is 71.8 Å². The van der Waals surface area contributed by atoms with Crippen molar-refractivity contribution in [3.8, 4) is 0 Å². The van der Waals surface area contributed by atoms with E-state index in [0.29, 0.717) is 0 Å². The first kappa shape index (κ1) is 27.3. The van der Waals surface area contributed by atoms with Crippen molar-refractivity contribution < 1.29 is 38.5 Å². The van der Waals surface area contributed by atoms with Crippen LogP contribution in [0, 0.1) is 0 Å². The van der Waals surface area contributed by atoms with Gasteiger partial charge in [-0.1, -0.05) is 60.7 Å². The summed E-state index contributed by atoms with van der Waals surface area (Å²) in [5.74, 6) is -2.26. The first-order valence-corrected chi connectivity index (χ1v) is 11.0. The van der Waals surface area contributed by atoms with Crippen LogP contribution in [0.1, 0.15) is 30.9 Å². The van der Waals surface area contributed by atoms with Crippen LogP contribution < -0.4 is 10.6 Å². The molecule has 0 saturated carbocycles. The molecule has 10 nitrogen and oxygen atoms in total. The molecule has 0 fully saturated rings. The van der Waals surface area contributed by atoms with E-state index in [-0.39, 0.29) is 26.1 Å². The molecule has 2 rings (SSSR count). The van der Waals surface area contributed by atoms with Gasteiger partial charge in [0.2, 0.25) is 5.91 Å². The Morgan fingerprint density at radius 1 is 0.914 bits per heavy atom. The van der Waals surface area contributed by atoms with Crippen LogP contribution in [-0.4, -0.2) is 54.3 Å². The molecule has 188 valence electrons. The number of methoxy groups -OCH3 is 1. The summed E-state index contributed by atoms with van der Waals surface area (Å²) in [6, 6.07) is 16.7. The Hall–Kier alpha value is -3.92. The maximum Gasteiger partial charge on any atom is 0.408 e. The Labute approximate surface area is 203 Å². The summed E-state index contributed by atoms with van der Waals surface area (Å²) in [7, 11) is 1.11. The van der Waals surface area contributed by atoms with Gasteiger partial charge in [-0.3, -0.25) is 9.59 Å². The van der Waals surface area contributed by atoms with Crippen LogP contribution >= 0.6 is 0 Å². The van der Waals surface area contributed by atoms with E-state index in [0.717, 1.165) is 18.2 Å². The Morgan fingerprint density at radius 3 is 1.97 bits per heavy atom. The minimum absolute atomic E-state index is 0.0311. The molecular weight excluding hydrogens is 456 g/mol. The molecule has 3 N–H and O–H groups in total. The van der Waals surface area contributed by atoms with Crippen molar-refractivity contribution in [2.45, 2.75) is 44.6 Å². The molecule has 2 aromatic rings. The highest BCUT2D eigenvalue weighted by molar-refractivity contribution is 5.92. The van der Waals surface area contributed by atoms with Crippen molar-refractivity contribution in [1.82, 2.24) is 10.6 Å². The minimum atomic E-state index is -1.74. The second-order valence-electron chi connectivity index (χ2n) is 7.91. The summed E-state index contributed by atoms with van der Waals surface area (Å²) in [5, 5.41) is 14.4. The molecular formula is C25H30N2O8. The highest BCUT2D eigenvalue weighted by Crippen LogP contribution is 2.10. The number of alkyl carbamates (subject to hydrolysis) is 1. The average Bonchev–Trinajstić information content (AvgIpc) is 2.89. The Balaban J connectivity index is 2.00. The van der Waals surface area contributed by atoms with Crippen LogP contribution in [-0.2, 0) is 41.8 Å². The van der Waals surface area contributed by atoms with Gasteiger partial charge in [-0.25, -0.2) is 9.59 Å². The summed E-state index contributed by atoms with van der Waals surface area (Å²) in [6.07, 6.45) is -1.23.